The third-order valence-electron chi connectivity index (χ3n) is 7.69. The summed E-state index contributed by atoms with van der Waals surface area (Å²) < 4.78 is 0. The maximum atomic E-state index is 12.9. The van der Waals surface area contributed by atoms with E-state index in [0.717, 1.165) is 40.0 Å². The molecule has 1 N–H and O–H groups in total. The van der Waals surface area contributed by atoms with Crippen molar-refractivity contribution in [2.45, 2.75) is 64.6 Å². The van der Waals surface area contributed by atoms with Gasteiger partial charge in [0, 0.05) is 39.3 Å². The van der Waals surface area contributed by atoms with E-state index in [9.17, 15) is 4.79 Å². The molecule has 1 aliphatic heterocycles. The van der Waals surface area contributed by atoms with Crippen molar-refractivity contribution >= 4 is 34.1 Å². The summed E-state index contributed by atoms with van der Waals surface area (Å²) >= 11 is 5.99. The Balaban J connectivity index is 1.29. The highest BCUT2D eigenvalue weighted by Gasteiger charge is 2.41. The molecule has 0 bridgehead atoms. The lowest BCUT2D eigenvalue weighted by atomic mass is 9.79. The number of anilines is 1. The van der Waals surface area contributed by atoms with Crippen molar-refractivity contribution < 1.29 is 4.79 Å². The average molecular weight is 512 g/mol. The SMILES string of the molecule is CC1(C)CCCC(C)(C)N1Cc1ccc2cc(NC(=O)c3ccc(-c4ccc(Cl)cc4)cc3)ccc2n1. The van der Waals surface area contributed by atoms with Gasteiger partial charge in [0.1, 0.15) is 0 Å². The molecule has 3 aromatic carbocycles. The van der Waals surface area contributed by atoms with Gasteiger partial charge in [0.15, 0.2) is 0 Å². The number of aromatic nitrogens is 1. The van der Waals surface area contributed by atoms with Gasteiger partial charge in [0.2, 0.25) is 0 Å². The van der Waals surface area contributed by atoms with Crippen LogP contribution in [0.3, 0.4) is 0 Å². The van der Waals surface area contributed by atoms with E-state index in [4.69, 9.17) is 16.6 Å². The Bertz CT molecular complexity index is 1410. The minimum absolute atomic E-state index is 0.138. The van der Waals surface area contributed by atoms with Crippen molar-refractivity contribution in [2.75, 3.05) is 5.32 Å². The number of piperidine rings is 1. The van der Waals surface area contributed by atoms with Crippen molar-refractivity contribution in [3.63, 3.8) is 0 Å². The molecule has 4 aromatic rings. The van der Waals surface area contributed by atoms with E-state index in [1.165, 1.54) is 19.3 Å². The number of benzene rings is 3. The summed E-state index contributed by atoms with van der Waals surface area (Å²) in [5.41, 5.74) is 5.79. The van der Waals surface area contributed by atoms with Crippen LogP contribution in [-0.2, 0) is 6.54 Å². The summed E-state index contributed by atoms with van der Waals surface area (Å²) in [6, 6.07) is 25.4. The van der Waals surface area contributed by atoms with Gasteiger partial charge in [0.25, 0.3) is 5.91 Å². The number of rotatable bonds is 5. The maximum Gasteiger partial charge on any atom is 0.255 e. The first-order valence-corrected chi connectivity index (χ1v) is 13.3. The Morgan fingerprint density at radius 1 is 0.865 bits per heavy atom. The van der Waals surface area contributed by atoms with E-state index in [1.54, 1.807) is 0 Å². The molecule has 0 atom stereocenters. The summed E-state index contributed by atoms with van der Waals surface area (Å²) in [4.78, 5) is 20.5. The highest BCUT2D eigenvalue weighted by molar-refractivity contribution is 6.30. The molecule has 1 fully saturated rings. The van der Waals surface area contributed by atoms with E-state index >= 15 is 0 Å². The van der Waals surface area contributed by atoms with Crippen molar-refractivity contribution in [3.8, 4) is 11.1 Å². The largest absolute Gasteiger partial charge is 0.322 e. The van der Waals surface area contributed by atoms with Crippen LogP contribution < -0.4 is 5.32 Å². The predicted molar refractivity (Wildman–Crippen MR) is 154 cm³/mol. The molecule has 4 nitrogen and oxygen atoms in total. The molecule has 0 aliphatic carbocycles. The molecule has 0 unspecified atom stereocenters. The Hall–Kier alpha value is -3.21. The first-order valence-electron chi connectivity index (χ1n) is 13.0. The van der Waals surface area contributed by atoms with E-state index in [-0.39, 0.29) is 17.0 Å². The Labute approximate surface area is 224 Å². The Kier molecular flexibility index (Phi) is 6.82. The second kappa shape index (κ2) is 9.92. The van der Waals surface area contributed by atoms with Crippen LogP contribution in [0.1, 0.15) is 63.0 Å². The van der Waals surface area contributed by atoms with Crippen molar-refractivity contribution in [2.24, 2.45) is 0 Å². The van der Waals surface area contributed by atoms with Gasteiger partial charge in [-0.1, -0.05) is 41.9 Å². The second-order valence-corrected chi connectivity index (χ2v) is 11.7. The van der Waals surface area contributed by atoms with E-state index in [0.29, 0.717) is 10.6 Å². The molecular weight excluding hydrogens is 478 g/mol. The lowest BCUT2D eigenvalue weighted by Gasteiger charge is -2.52. The third kappa shape index (κ3) is 5.56. The van der Waals surface area contributed by atoms with Gasteiger partial charge in [0.05, 0.1) is 11.2 Å². The summed E-state index contributed by atoms with van der Waals surface area (Å²) in [6.45, 7) is 10.2. The van der Waals surface area contributed by atoms with Crippen LogP contribution in [0.4, 0.5) is 5.69 Å². The summed E-state index contributed by atoms with van der Waals surface area (Å²) in [5.74, 6) is -0.138. The fourth-order valence-corrected chi connectivity index (χ4v) is 5.75. The van der Waals surface area contributed by atoms with Crippen molar-refractivity contribution in [3.05, 3.63) is 95.1 Å². The zero-order valence-electron chi connectivity index (χ0n) is 22.0. The predicted octanol–water partition coefficient (Wildman–Crippen LogP) is 8.35. The van der Waals surface area contributed by atoms with Crippen LogP contribution >= 0.6 is 11.6 Å². The van der Waals surface area contributed by atoms with Crippen LogP contribution in [-0.4, -0.2) is 26.9 Å². The molecule has 0 radical (unpaired) electrons. The molecular formula is C32H34ClN3O. The molecule has 0 spiro atoms. The van der Waals surface area contributed by atoms with Crippen molar-refractivity contribution in [1.29, 1.82) is 0 Å². The monoisotopic (exact) mass is 511 g/mol. The number of nitrogens with one attached hydrogen (secondary N) is 1. The highest BCUT2D eigenvalue weighted by Crippen LogP contribution is 2.39. The molecule has 2 heterocycles. The topological polar surface area (TPSA) is 45.2 Å². The number of nitrogens with zero attached hydrogens (tertiary/aromatic N) is 2. The van der Waals surface area contributed by atoms with E-state index < -0.39 is 0 Å². The number of pyridine rings is 1. The van der Waals surface area contributed by atoms with Crippen LogP contribution in [0.25, 0.3) is 22.0 Å². The van der Waals surface area contributed by atoms with Gasteiger partial charge >= 0.3 is 0 Å². The first-order chi connectivity index (χ1) is 17.6. The van der Waals surface area contributed by atoms with Gasteiger partial charge in [-0.05, 0) is 107 Å². The fraction of sp³-hybridized carbons (Fsp3) is 0.312. The van der Waals surface area contributed by atoms with Crippen LogP contribution in [0.15, 0.2) is 78.9 Å². The van der Waals surface area contributed by atoms with Crippen LogP contribution in [0.2, 0.25) is 5.02 Å². The van der Waals surface area contributed by atoms with Crippen molar-refractivity contribution in [1.82, 2.24) is 9.88 Å². The normalized spacial score (nSPS) is 17.0. The molecule has 1 aromatic heterocycles. The number of carbonyl (C=O) groups is 1. The fourth-order valence-electron chi connectivity index (χ4n) is 5.63. The average Bonchev–Trinajstić information content (AvgIpc) is 2.86. The summed E-state index contributed by atoms with van der Waals surface area (Å²) in [7, 11) is 0. The lowest BCUT2D eigenvalue weighted by Crippen LogP contribution is -2.57. The molecule has 1 aliphatic rings. The van der Waals surface area contributed by atoms with E-state index in [2.05, 4.69) is 50.0 Å². The van der Waals surface area contributed by atoms with Gasteiger partial charge in [-0.2, -0.15) is 0 Å². The lowest BCUT2D eigenvalue weighted by molar-refractivity contribution is -0.0348. The molecule has 5 heteroatoms. The third-order valence-corrected chi connectivity index (χ3v) is 7.94. The minimum atomic E-state index is -0.138. The first kappa shape index (κ1) is 25.4. The molecule has 1 saturated heterocycles. The number of hydrogen-bond donors (Lipinski definition) is 1. The number of hydrogen-bond acceptors (Lipinski definition) is 3. The maximum absolute atomic E-state index is 12.9. The van der Waals surface area contributed by atoms with Crippen LogP contribution in [0.5, 0.6) is 0 Å². The number of fused-ring (bicyclic) bond motifs is 1. The van der Waals surface area contributed by atoms with Gasteiger partial charge in [-0.3, -0.25) is 14.7 Å². The molecule has 190 valence electrons. The smallest absolute Gasteiger partial charge is 0.255 e. The molecule has 37 heavy (non-hydrogen) atoms. The zero-order valence-corrected chi connectivity index (χ0v) is 22.8. The van der Waals surface area contributed by atoms with Gasteiger partial charge in [-0.15, -0.1) is 0 Å². The second-order valence-electron chi connectivity index (χ2n) is 11.3. The quantitative estimate of drug-likeness (QED) is 0.293. The highest BCUT2D eigenvalue weighted by atomic mass is 35.5. The Morgan fingerprint density at radius 3 is 2.14 bits per heavy atom. The molecule has 5 rings (SSSR count). The molecule has 0 saturated carbocycles. The van der Waals surface area contributed by atoms with Crippen LogP contribution in [0, 0.1) is 0 Å². The zero-order chi connectivity index (χ0) is 26.2. The number of carbonyl (C=O) groups excluding carboxylic acids is 1. The standard InChI is InChI=1S/C32H34ClN3O/c1-31(2)18-5-19-32(3,4)36(31)21-28-15-12-25-20-27(16-17-29(25)34-28)35-30(37)24-8-6-22(7-9-24)23-10-13-26(33)14-11-23/h6-17,20H,5,18-19,21H2,1-4H3,(H,35,37). The summed E-state index contributed by atoms with van der Waals surface area (Å²) in [5, 5.41) is 4.74. The van der Waals surface area contributed by atoms with E-state index in [1.807, 2.05) is 66.7 Å². The number of amides is 1. The number of likely N-dealkylation sites (tertiary alicyclic amines) is 1. The summed E-state index contributed by atoms with van der Waals surface area (Å²) in [6.07, 6.45) is 3.68. The Morgan fingerprint density at radius 2 is 1.49 bits per heavy atom. The molecule has 1 amide bonds. The van der Waals surface area contributed by atoms with Gasteiger partial charge < -0.3 is 5.32 Å². The van der Waals surface area contributed by atoms with Gasteiger partial charge in [-0.25, -0.2) is 0 Å². The number of halogens is 1. The minimum Gasteiger partial charge on any atom is -0.322 e.